The Morgan fingerprint density at radius 2 is 1.74 bits per heavy atom. The van der Waals surface area contributed by atoms with Crippen molar-refractivity contribution in [2.45, 2.75) is 98.3 Å². The minimum Gasteiger partial charge on any atom is -0.481 e. The summed E-state index contributed by atoms with van der Waals surface area (Å²) < 4.78 is 0. The van der Waals surface area contributed by atoms with Crippen molar-refractivity contribution in [2.24, 2.45) is 51.2 Å². The molecule has 0 spiro atoms. The van der Waals surface area contributed by atoms with Crippen molar-refractivity contribution >= 4 is 16.9 Å². The summed E-state index contributed by atoms with van der Waals surface area (Å²) in [5, 5.41) is 12.1. The molecular weight excluding hydrogens is 466 g/mol. The minimum absolute atomic E-state index is 0.190. The van der Waals surface area contributed by atoms with Crippen LogP contribution in [0.5, 0.6) is 0 Å². The van der Waals surface area contributed by atoms with Crippen molar-refractivity contribution < 1.29 is 9.90 Å². The Kier molecular flexibility index (Phi) is 5.12. The van der Waals surface area contributed by atoms with Crippen molar-refractivity contribution in [2.75, 3.05) is 0 Å². The average Bonchev–Trinajstić information content (AvgIpc) is 3.44. The van der Waals surface area contributed by atoms with Gasteiger partial charge in [0.25, 0.3) is 0 Å². The second-order valence-corrected chi connectivity index (χ2v) is 15.2. The Morgan fingerprint density at radius 3 is 2.47 bits per heavy atom. The molecule has 0 radical (unpaired) electrons. The van der Waals surface area contributed by atoms with Crippen molar-refractivity contribution in [3.63, 3.8) is 0 Å². The minimum atomic E-state index is -0.531. The topological polar surface area (TPSA) is 53.1 Å². The summed E-state index contributed by atoms with van der Waals surface area (Å²) in [5.41, 5.74) is 5.78. The number of aromatic amines is 1. The lowest BCUT2D eigenvalue weighted by molar-refractivity contribution is -0.223. The first-order valence-corrected chi connectivity index (χ1v) is 15.5. The van der Waals surface area contributed by atoms with Crippen molar-refractivity contribution in [1.29, 1.82) is 0 Å². The summed E-state index contributed by atoms with van der Waals surface area (Å²) in [6.07, 6.45) is 9.99. The van der Waals surface area contributed by atoms with E-state index in [1.807, 2.05) is 0 Å². The van der Waals surface area contributed by atoms with E-state index in [1.54, 1.807) is 5.56 Å². The fourth-order valence-corrected chi connectivity index (χ4v) is 12.4. The maximum Gasteiger partial charge on any atom is 0.309 e. The molecule has 7 rings (SSSR count). The Bertz CT molecular complexity index is 1340. The molecule has 4 fully saturated rings. The van der Waals surface area contributed by atoms with Gasteiger partial charge in [0.15, 0.2) is 0 Å². The third-order valence-electron chi connectivity index (χ3n) is 14.3. The van der Waals surface area contributed by atoms with Crippen LogP contribution in [0.1, 0.15) is 103 Å². The number of fused-ring (bicyclic) bond motifs is 10. The zero-order chi connectivity index (χ0) is 26.8. The number of H-pyrrole nitrogens is 1. The van der Waals surface area contributed by atoms with E-state index in [0.717, 1.165) is 25.7 Å². The summed E-state index contributed by atoms with van der Waals surface area (Å²) in [6.45, 7) is 17.0. The van der Waals surface area contributed by atoms with Crippen LogP contribution in [0.25, 0.3) is 10.9 Å². The maximum absolute atomic E-state index is 12.9. The molecule has 0 bridgehead atoms. The van der Waals surface area contributed by atoms with Gasteiger partial charge in [-0.05, 0) is 128 Å². The first kappa shape index (κ1) is 25.0. The highest BCUT2D eigenvalue weighted by molar-refractivity contribution is 5.85. The number of allylic oxidation sites excluding steroid dienone is 1. The second-order valence-electron chi connectivity index (χ2n) is 15.2. The summed E-state index contributed by atoms with van der Waals surface area (Å²) in [7, 11) is 0. The SMILES string of the molecule is C=C(C)[C@@H]1CC[C@]2(C(=O)O)CC[C@]3(C)[C@H](CC[C@@H]4[C@@]5(C)Cc6c([nH]c7ccccc67)[C@H](C)[C@@H]5CC[C@]43C)[C@@H]12. The summed E-state index contributed by atoms with van der Waals surface area (Å²) in [4.78, 5) is 16.8. The van der Waals surface area contributed by atoms with Crippen LogP contribution in [0.15, 0.2) is 36.4 Å². The molecule has 1 heterocycles. The van der Waals surface area contributed by atoms with E-state index in [0.29, 0.717) is 29.6 Å². The number of aliphatic carboxylic acids is 1. The molecule has 2 aromatic rings. The van der Waals surface area contributed by atoms with Gasteiger partial charge in [-0.2, -0.15) is 0 Å². The zero-order valence-corrected chi connectivity index (χ0v) is 24.2. The van der Waals surface area contributed by atoms with Gasteiger partial charge in [0.1, 0.15) is 0 Å². The van der Waals surface area contributed by atoms with Gasteiger partial charge in [-0.25, -0.2) is 0 Å². The van der Waals surface area contributed by atoms with Gasteiger partial charge in [0.2, 0.25) is 0 Å². The fourth-order valence-electron chi connectivity index (χ4n) is 12.4. The van der Waals surface area contributed by atoms with E-state index < -0.39 is 11.4 Å². The van der Waals surface area contributed by atoms with Crippen LogP contribution >= 0.6 is 0 Å². The molecule has 10 atom stereocenters. The average molecular weight is 514 g/mol. The summed E-state index contributed by atoms with van der Waals surface area (Å²) >= 11 is 0. The number of carboxylic acids is 1. The molecule has 2 N–H and O–H groups in total. The smallest absolute Gasteiger partial charge is 0.309 e. The molecular formula is C35H47NO2. The largest absolute Gasteiger partial charge is 0.481 e. The molecule has 204 valence electrons. The van der Waals surface area contributed by atoms with Gasteiger partial charge >= 0.3 is 5.97 Å². The molecule has 0 aliphatic heterocycles. The van der Waals surface area contributed by atoms with Crippen LogP contribution in [0.4, 0.5) is 0 Å². The first-order valence-electron chi connectivity index (χ1n) is 15.5. The predicted octanol–water partition coefficient (Wildman–Crippen LogP) is 8.75. The van der Waals surface area contributed by atoms with Crippen LogP contribution in [0.3, 0.4) is 0 Å². The molecule has 4 saturated carbocycles. The van der Waals surface area contributed by atoms with Gasteiger partial charge in [-0.15, -0.1) is 0 Å². The van der Waals surface area contributed by atoms with Crippen molar-refractivity contribution in [3.05, 3.63) is 47.7 Å². The third kappa shape index (κ3) is 2.79. The van der Waals surface area contributed by atoms with Crippen LogP contribution in [-0.2, 0) is 11.2 Å². The number of benzene rings is 1. The van der Waals surface area contributed by atoms with Gasteiger partial charge in [-0.3, -0.25) is 4.79 Å². The van der Waals surface area contributed by atoms with E-state index in [9.17, 15) is 9.90 Å². The molecule has 3 nitrogen and oxygen atoms in total. The molecule has 5 aliphatic carbocycles. The molecule has 1 aromatic carbocycles. The lowest BCUT2D eigenvalue weighted by atomic mass is 9.33. The van der Waals surface area contributed by atoms with E-state index >= 15 is 0 Å². The highest BCUT2D eigenvalue weighted by Gasteiger charge is 2.71. The molecule has 1 aromatic heterocycles. The van der Waals surface area contributed by atoms with Crippen molar-refractivity contribution in [1.82, 2.24) is 4.98 Å². The standard InChI is InChI=1S/C35H47NO2/c1-20(2)22-13-16-35(31(37)38)18-17-33(5)26(29(22)35)11-12-28-32(4)19-24-23-9-7-8-10-27(23)36-30(24)21(3)25(32)14-15-34(28,33)6/h7-10,21-22,25-26,28-29,36H,1,11-19H2,2-6H3,(H,37,38)/t21-,22+,25+,26-,28-,29-,32+,33-,34-,35+/m1/s1. The fraction of sp³-hybridized carbons (Fsp3) is 0.686. The number of carbonyl (C=O) groups is 1. The lowest BCUT2D eigenvalue weighted by Crippen LogP contribution is -2.65. The monoisotopic (exact) mass is 513 g/mol. The van der Waals surface area contributed by atoms with Gasteiger partial charge < -0.3 is 10.1 Å². The number of hydrogen-bond acceptors (Lipinski definition) is 1. The number of rotatable bonds is 2. The maximum atomic E-state index is 12.9. The normalized spacial score (nSPS) is 47.4. The molecule has 0 unspecified atom stereocenters. The van der Waals surface area contributed by atoms with E-state index in [2.05, 4.69) is 70.4 Å². The summed E-state index contributed by atoms with van der Waals surface area (Å²) in [5.74, 6) is 2.53. The molecule has 0 amide bonds. The Balaban J connectivity index is 1.32. The Labute approximate surface area is 228 Å². The van der Waals surface area contributed by atoms with Crippen molar-refractivity contribution in [3.8, 4) is 0 Å². The van der Waals surface area contributed by atoms with Crippen LogP contribution in [0.2, 0.25) is 0 Å². The molecule has 5 aliphatic rings. The number of aromatic nitrogens is 1. The number of carboxylic acid groups (broad SMARTS) is 1. The number of nitrogens with one attached hydrogen (secondary N) is 1. The second kappa shape index (κ2) is 7.79. The Hall–Kier alpha value is -2.03. The molecule has 3 heteroatoms. The molecule has 0 saturated heterocycles. The highest BCUT2D eigenvalue weighted by atomic mass is 16.4. The number of hydrogen-bond donors (Lipinski definition) is 2. The van der Waals surface area contributed by atoms with Gasteiger partial charge in [-0.1, -0.05) is 58.0 Å². The quantitative estimate of drug-likeness (QED) is 0.394. The predicted molar refractivity (Wildman–Crippen MR) is 154 cm³/mol. The van der Waals surface area contributed by atoms with E-state index in [4.69, 9.17) is 0 Å². The first-order chi connectivity index (χ1) is 18.0. The van der Waals surface area contributed by atoms with Gasteiger partial charge in [0.05, 0.1) is 5.41 Å². The van der Waals surface area contributed by atoms with Crippen LogP contribution in [0, 0.1) is 51.2 Å². The zero-order valence-electron chi connectivity index (χ0n) is 24.2. The Morgan fingerprint density at radius 1 is 0.974 bits per heavy atom. The molecule has 38 heavy (non-hydrogen) atoms. The lowest BCUT2D eigenvalue weighted by Gasteiger charge is -2.71. The number of para-hydroxylation sites is 1. The van der Waals surface area contributed by atoms with Crippen LogP contribution < -0.4 is 0 Å². The summed E-state index contributed by atoms with van der Waals surface area (Å²) in [6, 6.07) is 8.93. The highest BCUT2D eigenvalue weighted by Crippen LogP contribution is 2.77. The van der Waals surface area contributed by atoms with Gasteiger partial charge in [0, 0.05) is 16.6 Å². The van der Waals surface area contributed by atoms with Crippen LogP contribution in [-0.4, -0.2) is 16.1 Å². The third-order valence-corrected chi connectivity index (χ3v) is 14.3. The van der Waals surface area contributed by atoms with E-state index in [1.165, 1.54) is 54.3 Å². The van der Waals surface area contributed by atoms with E-state index in [-0.39, 0.29) is 22.2 Å².